The number of nitrogens with two attached hydrogens (primary N) is 1. The molecule has 0 saturated carbocycles. The van der Waals surface area contributed by atoms with Gasteiger partial charge in [-0.05, 0) is 19.9 Å². The molecule has 0 amide bonds. The molecule has 108 valence electrons. The third-order valence-electron chi connectivity index (χ3n) is 2.37. The average molecular weight is 337 g/mol. The highest BCUT2D eigenvalue weighted by molar-refractivity contribution is 6.43. The van der Waals surface area contributed by atoms with Crippen LogP contribution in [0.2, 0.25) is 15.1 Å². The Labute approximate surface area is 130 Å². The number of halogens is 3. The number of nitrogens with zero attached hydrogens (tertiary/aromatic N) is 2. The maximum absolute atomic E-state index is 5.99. The lowest BCUT2D eigenvalue weighted by Gasteiger charge is -2.11. The highest BCUT2D eigenvalue weighted by Crippen LogP contribution is 2.34. The van der Waals surface area contributed by atoms with Crippen LogP contribution in [0.15, 0.2) is 16.7 Å². The minimum atomic E-state index is -0.678. The monoisotopic (exact) mass is 335 g/mol. The molecule has 5 nitrogen and oxygen atoms in total. The molecule has 1 aromatic heterocycles. The topological polar surface area (TPSA) is 74.2 Å². The molecule has 0 aliphatic rings. The molecular formula is C12H12Cl3N3O2. The highest BCUT2D eigenvalue weighted by atomic mass is 35.5. The summed E-state index contributed by atoms with van der Waals surface area (Å²) in [4.78, 5) is 4.14. The first kappa shape index (κ1) is 15.4. The van der Waals surface area contributed by atoms with Gasteiger partial charge in [0, 0.05) is 6.07 Å². The van der Waals surface area contributed by atoms with Gasteiger partial charge in [0.15, 0.2) is 12.4 Å². The van der Waals surface area contributed by atoms with Crippen LogP contribution in [0.25, 0.3) is 0 Å². The summed E-state index contributed by atoms with van der Waals surface area (Å²) in [5, 5.41) is 4.83. The molecule has 2 aromatic rings. The van der Waals surface area contributed by atoms with Crippen molar-refractivity contribution in [2.24, 2.45) is 5.73 Å². The van der Waals surface area contributed by atoms with E-state index in [1.54, 1.807) is 13.8 Å². The molecule has 2 rings (SSSR count). The molecule has 1 heterocycles. The van der Waals surface area contributed by atoms with Crippen molar-refractivity contribution >= 4 is 34.8 Å². The molecule has 0 saturated heterocycles. The van der Waals surface area contributed by atoms with Crippen LogP contribution in [0.1, 0.15) is 25.6 Å². The first-order chi connectivity index (χ1) is 9.27. The normalized spacial score (nSPS) is 11.7. The van der Waals surface area contributed by atoms with Crippen LogP contribution in [0.3, 0.4) is 0 Å². The standard InChI is InChI=1S/C12H12Cl3N3O2/c1-12(2,16)11-17-10(20-18-11)5-19-9-4-7(14)6(13)3-8(9)15/h3-4H,5,16H2,1-2H3. The molecule has 0 fully saturated rings. The van der Waals surface area contributed by atoms with Crippen LogP contribution in [0, 0.1) is 0 Å². The second-order valence-corrected chi connectivity index (χ2v) is 5.94. The van der Waals surface area contributed by atoms with Crippen molar-refractivity contribution < 1.29 is 9.26 Å². The van der Waals surface area contributed by atoms with Gasteiger partial charge in [0.05, 0.1) is 20.6 Å². The van der Waals surface area contributed by atoms with Crippen LogP contribution in [-0.2, 0) is 12.1 Å². The molecule has 8 heteroatoms. The van der Waals surface area contributed by atoms with Crippen molar-refractivity contribution in [1.29, 1.82) is 0 Å². The van der Waals surface area contributed by atoms with Crippen LogP contribution < -0.4 is 10.5 Å². The second kappa shape index (κ2) is 5.77. The van der Waals surface area contributed by atoms with Crippen molar-refractivity contribution in [3.63, 3.8) is 0 Å². The van der Waals surface area contributed by atoms with Gasteiger partial charge >= 0.3 is 0 Å². The predicted octanol–water partition coefficient (Wildman–Crippen LogP) is 3.80. The van der Waals surface area contributed by atoms with Gasteiger partial charge in [-0.3, -0.25) is 0 Å². The zero-order valence-corrected chi connectivity index (χ0v) is 13.1. The van der Waals surface area contributed by atoms with Crippen LogP contribution in [0.4, 0.5) is 0 Å². The summed E-state index contributed by atoms with van der Waals surface area (Å²) < 4.78 is 10.5. The molecule has 0 aliphatic carbocycles. The summed E-state index contributed by atoms with van der Waals surface area (Å²) in [6, 6.07) is 3.03. The zero-order chi connectivity index (χ0) is 14.9. The zero-order valence-electron chi connectivity index (χ0n) is 10.8. The molecule has 0 spiro atoms. The number of hydrogen-bond acceptors (Lipinski definition) is 5. The maximum atomic E-state index is 5.99. The SMILES string of the molecule is CC(C)(N)c1noc(COc2cc(Cl)c(Cl)cc2Cl)n1. The van der Waals surface area contributed by atoms with E-state index < -0.39 is 5.54 Å². The van der Waals surface area contributed by atoms with Gasteiger partial charge in [0.1, 0.15) is 5.75 Å². The fraction of sp³-hybridized carbons (Fsp3) is 0.333. The number of rotatable bonds is 4. The van der Waals surface area contributed by atoms with E-state index >= 15 is 0 Å². The number of hydrogen-bond donors (Lipinski definition) is 1. The van der Waals surface area contributed by atoms with Gasteiger partial charge in [-0.1, -0.05) is 40.0 Å². The van der Waals surface area contributed by atoms with Gasteiger partial charge in [0.2, 0.25) is 0 Å². The molecule has 1 aromatic carbocycles. The van der Waals surface area contributed by atoms with Crippen molar-refractivity contribution in [3.8, 4) is 5.75 Å². The Morgan fingerprint density at radius 1 is 1.20 bits per heavy atom. The van der Waals surface area contributed by atoms with E-state index in [2.05, 4.69) is 10.1 Å². The molecule has 20 heavy (non-hydrogen) atoms. The molecule has 0 bridgehead atoms. The van der Waals surface area contributed by atoms with E-state index in [0.717, 1.165) is 0 Å². The quantitative estimate of drug-likeness (QED) is 0.860. The van der Waals surface area contributed by atoms with Gasteiger partial charge in [-0.15, -0.1) is 0 Å². The molecule has 0 radical (unpaired) electrons. The van der Waals surface area contributed by atoms with Crippen LogP contribution in [-0.4, -0.2) is 10.1 Å². The molecule has 0 aliphatic heterocycles. The maximum Gasteiger partial charge on any atom is 0.264 e. The van der Waals surface area contributed by atoms with E-state index in [1.807, 2.05) is 0 Å². The third kappa shape index (κ3) is 3.55. The minimum Gasteiger partial charge on any atom is -0.482 e. The van der Waals surface area contributed by atoms with Crippen molar-refractivity contribution in [2.75, 3.05) is 0 Å². The summed E-state index contributed by atoms with van der Waals surface area (Å²) in [5.41, 5.74) is 5.18. The average Bonchev–Trinajstić information content (AvgIpc) is 2.80. The van der Waals surface area contributed by atoms with E-state index in [4.69, 9.17) is 49.8 Å². The Morgan fingerprint density at radius 2 is 1.85 bits per heavy atom. The first-order valence-corrected chi connectivity index (χ1v) is 6.80. The smallest absolute Gasteiger partial charge is 0.264 e. The number of aromatic nitrogens is 2. The summed E-state index contributed by atoms with van der Waals surface area (Å²) in [5.74, 6) is 1.07. The van der Waals surface area contributed by atoms with Gasteiger partial charge in [0.25, 0.3) is 5.89 Å². The Hall–Kier alpha value is -1.01. The third-order valence-corrected chi connectivity index (χ3v) is 3.39. The largest absolute Gasteiger partial charge is 0.482 e. The first-order valence-electron chi connectivity index (χ1n) is 5.66. The Morgan fingerprint density at radius 3 is 2.45 bits per heavy atom. The fourth-order valence-corrected chi connectivity index (χ4v) is 1.92. The second-order valence-electron chi connectivity index (χ2n) is 4.72. The lowest BCUT2D eigenvalue weighted by Crippen LogP contribution is -2.30. The molecular weight excluding hydrogens is 325 g/mol. The molecule has 2 N–H and O–H groups in total. The van der Waals surface area contributed by atoms with Crippen LogP contribution in [0.5, 0.6) is 5.75 Å². The molecule has 0 atom stereocenters. The summed E-state index contributed by atoms with van der Waals surface area (Å²) in [6.07, 6.45) is 0. The lowest BCUT2D eigenvalue weighted by molar-refractivity contribution is 0.242. The van der Waals surface area contributed by atoms with Gasteiger partial charge < -0.3 is 15.0 Å². The Kier molecular flexibility index (Phi) is 4.44. The highest BCUT2D eigenvalue weighted by Gasteiger charge is 2.21. The van der Waals surface area contributed by atoms with Gasteiger partial charge in [-0.2, -0.15) is 4.98 Å². The Bertz CT molecular complexity index is 623. The Balaban J connectivity index is 2.09. The van der Waals surface area contributed by atoms with E-state index in [9.17, 15) is 0 Å². The van der Waals surface area contributed by atoms with E-state index in [1.165, 1.54) is 12.1 Å². The summed E-state index contributed by atoms with van der Waals surface area (Å²) in [6.45, 7) is 3.61. The van der Waals surface area contributed by atoms with E-state index in [0.29, 0.717) is 32.5 Å². The number of benzene rings is 1. The molecule has 0 unspecified atom stereocenters. The lowest BCUT2D eigenvalue weighted by atomic mass is 10.1. The van der Waals surface area contributed by atoms with Gasteiger partial charge in [-0.25, -0.2) is 0 Å². The fourth-order valence-electron chi connectivity index (χ4n) is 1.33. The summed E-state index contributed by atoms with van der Waals surface area (Å²) in [7, 11) is 0. The van der Waals surface area contributed by atoms with Crippen molar-refractivity contribution in [2.45, 2.75) is 26.0 Å². The summed E-state index contributed by atoms with van der Waals surface area (Å²) >= 11 is 17.7. The van der Waals surface area contributed by atoms with E-state index in [-0.39, 0.29) is 6.61 Å². The van der Waals surface area contributed by atoms with Crippen LogP contribution >= 0.6 is 34.8 Å². The predicted molar refractivity (Wildman–Crippen MR) is 77.3 cm³/mol. The van der Waals surface area contributed by atoms with Crippen molar-refractivity contribution in [3.05, 3.63) is 38.9 Å². The van der Waals surface area contributed by atoms with Crippen molar-refractivity contribution in [1.82, 2.24) is 10.1 Å². The minimum absolute atomic E-state index is 0.0563. The number of ether oxygens (including phenoxy) is 1.